The van der Waals surface area contributed by atoms with Crippen molar-refractivity contribution in [3.63, 3.8) is 0 Å². The summed E-state index contributed by atoms with van der Waals surface area (Å²) < 4.78 is 66.4. The van der Waals surface area contributed by atoms with Gasteiger partial charge < -0.3 is 4.90 Å². The van der Waals surface area contributed by atoms with Gasteiger partial charge in [-0.25, -0.2) is 26.3 Å². The third-order valence-corrected chi connectivity index (χ3v) is 5.93. The summed E-state index contributed by atoms with van der Waals surface area (Å²) in [6.07, 6.45) is 0. The summed E-state index contributed by atoms with van der Waals surface area (Å²) in [7, 11) is -3.74. The zero-order valence-electron chi connectivity index (χ0n) is 12.4. The van der Waals surface area contributed by atoms with E-state index in [2.05, 4.69) is 4.72 Å². The lowest BCUT2D eigenvalue weighted by atomic mass is 10.2. The Labute approximate surface area is 140 Å². The number of anilines is 1. The van der Waals surface area contributed by atoms with Crippen molar-refractivity contribution in [2.24, 2.45) is 0 Å². The highest BCUT2D eigenvalue weighted by Crippen LogP contribution is 2.23. The number of rotatable bonds is 6. The summed E-state index contributed by atoms with van der Waals surface area (Å²) in [6.45, 7) is 0.634. The number of thiophene rings is 1. The van der Waals surface area contributed by atoms with Crippen molar-refractivity contribution in [3.8, 4) is 0 Å². The molecule has 10 heteroatoms. The molecule has 0 unspecified atom stereocenters. The lowest BCUT2D eigenvalue weighted by molar-refractivity contribution is -0.116. The van der Waals surface area contributed by atoms with E-state index in [1.807, 2.05) is 0 Å². The molecule has 0 fully saturated rings. The van der Waals surface area contributed by atoms with Gasteiger partial charge in [0.15, 0.2) is 17.5 Å². The first-order valence-corrected chi connectivity index (χ1v) is 9.05. The van der Waals surface area contributed by atoms with E-state index in [1.165, 1.54) is 6.07 Å². The molecule has 24 heavy (non-hydrogen) atoms. The van der Waals surface area contributed by atoms with E-state index < -0.39 is 39.1 Å². The number of nitrogens with one attached hydrogen (secondary N) is 1. The lowest BCUT2D eigenvalue weighted by Crippen LogP contribution is -2.38. The Kier molecular flexibility index (Phi) is 5.62. The van der Waals surface area contributed by atoms with E-state index in [-0.39, 0.29) is 17.3 Å². The fraction of sp³-hybridized carbons (Fsp3) is 0.214. The van der Waals surface area contributed by atoms with Crippen LogP contribution in [0.2, 0.25) is 0 Å². The molecule has 0 spiro atoms. The van der Waals surface area contributed by atoms with Gasteiger partial charge >= 0.3 is 0 Å². The molecule has 130 valence electrons. The second-order valence-corrected chi connectivity index (χ2v) is 7.64. The van der Waals surface area contributed by atoms with E-state index in [4.69, 9.17) is 0 Å². The third-order valence-electron chi connectivity index (χ3n) is 3.07. The molecular weight excluding hydrogens is 365 g/mol. The maximum atomic E-state index is 13.8. The molecule has 1 N–H and O–H groups in total. The van der Waals surface area contributed by atoms with Crippen LogP contribution in [0.4, 0.5) is 18.9 Å². The smallest absolute Gasteiger partial charge is 0.250 e. The first-order chi connectivity index (χ1) is 11.2. The molecule has 5 nitrogen and oxygen atoms in total. The summed E-state index contributed by atoms with van der Waals surface area (Å²) in [5.74, 6) is -5.22. The number of carbonyl (C=O) groups is 1. The summed E-state index contributed by atoms with van der Waals surface area (Å²) in [4.78, 5) is 12.5. The minimum atomic E-state index is -3.74. The molecule has 0 atom stereocenters. The Morgan fingerprint density at radius 1 is 1.21 bits per heavy atom. The maximum absolute atomic E-state index is 13.8. The van der Waals surface area contributed by atoms with Crippen molar-refractivity contribution < 1.29 is 26.4 Å². The number of nitrogens with zero attached hydrogens (tertiary/aromatic N) is 1. The molecular formula is C14H13F3N2O3S2. The number of hydrogen-bond acceptors (Lipinski definition) is 4. The van der Waals surface area contributed by atoms with Crippen molar-refractivity contribution in [3.05, 3.63) is 47.1 Å². The first kappa shape index (κ1) is 18.4. The van der Waals surface area contributed by atoms with Crippen LogP contribution in [0.15, 0.2) is 33.9 Å². The zero-order valence-corrected chi connectivity index (χ0v) is 14.1. The normalized spacial score (nSPS) is 11.5. The number of sulfonamides is 1. The van der Waals surface area contributed by atoms with Crippen molar-refractivity contribution in [1.82, 2.24) is 4.72 Å². The van der Waals surface area contributed by atoms with Gasteiger partial charge in [-0.3, -0.25) is 4.79 Å². The number of benzene rings is 1. The average molecular weight is 378 g/mol. The second kappa shape index (κ2) is 7.32. The number of hydrogen-bond donors (Lipinski definition) is 1. The van der Waals surface area contributed by atoms with Crippen LogP contribution >= 0.6 is 11.3 Å². The Morgan fingerprint density at radius 2 is 1.92 bits per heavy atom. The number of halogens is 3. The Hall–Kier alpha value is -1.91. The second-order valence-electron chi connectivity index (χ2n) is 4.69. The van der Waals surface area contributed by atoms with Crippen LogP contribution in [0.5, 0.6) is 0 Å². The topological polar surface area (TPSA) is 66.5 Å². The minimum Gasteiger partial charge on any atom is -0.308 e. The molecule has 1 amide bonds. The summed E-state index contributed by atoms with van der Waals surface area (Å²) in [5, 5.41) is 1.59. The minimum absolute atomic E-state index is 0.0934. The van der Waals surface area contributed by atoms with E-state index in [0.29, 0.717) is 6.07 Å². The van der Waals surface area contributed by atoms with Gasteiger partial charge in [0.2, 0.25) is 15.9 Å². The quantitative estimate of drug-likeness (QED) is 0.786. The van der Waals surface area contributed by atoms with Crippen LogP contribution in [0.3, 0.4) is 0 Å². The van der Waals surface area contributed by atoms with Crippen LogP contribution in [-0.2, 0) is 14.8 Å². The Bertz CT molecular complexity index is 839. The molecule has 1 heterocycles. The molecule has 0 aliphatic heterocycles. The van der Waals surface area contributed by atoms with Crippen molar-refractivity contribution in [2.75, 3.05) is 18.0 Å². The highest BCUT2D eigenvalue weighted by atomic mass is 32.2. The summed E-state index contributed by atoms with van der Waals surface area (Å²) in [6, 6.07) is 4.59. The molecule has 1 aromatic heterocycles. The van der Waals surface area contributed by atoms with Gasteiger partial charge in [-0.2, -0.15) is 0 Å². The predicted molar refractivity (Wildman–Crippen MR) is 83.9 cm³/mol. The van der Waals surface area contributed by atoms with Gasteiger partial charge in [0.1, 0.15) is 4.21 Å². The lowest BCUT2D eigenvalue weighted by Gasteiger charge is -2.22. The Morgan fingerprint density at radius 3 is 2.50 bits per heavy atom. The predicted octanol–water partition coefficient (Wildman–Crippen LogP) is 2.50. The van der Waals surface area contributed by atoms with Gasteiger partial charge in [-0.05, 0) is 23.6 Å². The van der Waals surface area contributed by atoms with Gasteiger partial charge in [0, 0.05) is 20.0 Å². The molecule has 2 rings (SSSR count). The van der Waals surface area contributed by atoms with Crippen molar-refractivity contribution >= 4 is 33.0 Å². The van der Waals surface area contributed by atoms with E-state index in [1.54, 1.807) is 11.4 Å². The first-order valence-electron chi connectivity index (χ1n) is 6.69. The van der Waals surface area contributed by atoms with Crippen LogP contribution in [-0.4, -0.2) is 27.4 Å². The molecule has 0 saturated heterocycles. The fourth-order valence-electron chi connectivity index (χ4n) is 1.95. The summed E-state index contributed by atoms with van der Waals surface area (Å²) in [5.41, 5.74) is -0.461. The van der Waals surface area contributed by atoms with Gasteiger partial charge in [0.25, 0.3) is 0 Å². The van der Waals surface area contributed by atoms with Crippen molar-refractivity contribution in [1.29, 1.82) is 0 Å². The van der Waals surface area contributed by atoms with E-state index in [9.17, 15) is 26.4 Å². The standard InChI is InChI=1S/C14H13F3N2O3S2/c1-9(20)19(11-5-4-10(15)13(16)14(11)17)7-6-18-24(21,22)12-3-2-8-23-12/h2-5,8,18H,6-7H2,1H3. The van der Waals surface area contributed by atoms with E-state index >= 15 is 0 Å². The van der Waals surface area contributed by atoms with Gasteiger partial charge in [0.05, 0.1) is 5.69 Å². The Balaban J connectivity index is 2.14. The molecule has 0 bridgehead atoms. The van der Waals surface area contributed by atoms with Gasteiger partial charge in [-0.15, -0.1) is 11.3 Å². The monoisotopic (exact) mass is 378 g/mol. The average Bonchev–Trinajstić information content (AvgIpc) is 3.05. The maximum Gasteiger partial charge on any atom is 0.250 e. The SMILES string of the molecule is CC(=O)N(CCNS(=O)(=O)c1cccs1)c1ccc(F)c(F)c1F. The third kappa shape index (κ3) is 3.94. The van der Waals surface area contributed by atoms with Crippen LogP contribution in [0.25, 0.3) is 0 Å². The molecule has 0 aliphatic rings. The largest absolute Gasteiger partial charge is 0.308 e. The number of amides is 1. The van der Waals surface area contributed by atoms with Crippen LogP contribution in [0, 0.1) is 17.5 Å². The highest BCUT2D eigenvalue weighted by molar-refractivity contribution is 7.91. The number of carbonyl (C=O) groups excluding carboxylic acids is 1. The van der Waals surface area contributed by atoms with Crippen LogP contribution < -0.4 is 9.62 Å². The molecule has 0 aliphatic carbocycles. The van der Waals surface area contributed by atoms with Crippen molar-refractivity contribution in [2.45, 2.75) is 11.1 Å². The highest BCUT2D eigenvalue weighted by Gasteiger charge is 2.22. The molecule has 1 aromatic carbocycles. The molecule has 0 radical (unpaired) electrons. The molecule has 2 aromatic rings. The summed E-state index contributed by atoms with van der Waals surface area (Å²) >= 11 is 1.02. The zero-order chi connectivity index (χ0) is 17.9. The van der Waals surface area contributed by atoms with E-state index in [0.717, 1.165) is 29.2 Å². The van der Waals surface area contributed by atoms with Crippen LogP contribution in [0.1, 0.15) is 6.92 Å². The molecule has 0 saturated carbocycles. The van der Waals surface area contributed by atoms with Gasteiger partial charge in [-0.1, -0.05) is 6.07 Å². The fourth-order valence-corrected chi connectivity index (χ4v) is 4.01.